The number of hydrogen-bond donors (Lipinski definition) is 1. The Balaban J connectivity index is 1.58. The first-order chi connectivity index (χ1) is 12.5. The zero-order valence-electron chi connectivity index (χ0n) is 14.5. The molecule has 2 aromatic carbocycles. The number of carbonyl (C=O) groups is 2. The van der Waals surface area contributed by atoms with Crippen LogP contribution in [0.1, 0.15) is 17.5 Å². The Kier molecular flexibility index (Phi) is 5.43. The van der Waals surface area contributed by atoms with Gasteiger partial charge in [0, 0.05) is 23.6 Å². The molecule has 6 heteroatoms. The molecule has 1 aromatic heterocycles. The summed E-state index contributed by atoms with van der Waals surface area (Å²) in [7, 11) is 0. The highest BCUT2D eigenvalue weighted by molar-refractivity contribution is 7.09. The molecule has 0 saturated carbocycles. The second-order valence-corrected chi connectivity index (χ2v) is 6.87. The summed E-state index contributed by atoms with van der Waals surface area (Å²) in [5.41, 5.74) is 3.51. The van der Waals surface area contributed by atoms with Gasteiger partial charge in [-0.2, -0.15) is 0 Å². The van der Waals surface area contributed by atoms with Crippen molar-refractivity contribution in [1.29, 1.82) is 0 Å². The van der Waals surface area contributed by atoms with Crippen LogP contribution in [0.15, 0.2) is 53.9 Å². The predicted octanol–water partition coefficient (Wildman–Crippen LogP) is 4.23. The van der Waals surface area contributed by atoms with Crippen molar-refractivity contribution in [2.45, 2.75) is 20.3 Å². The molecule has 5 nitrogen and oxygen atoms in total. The van der Waals surface area contributed by atoms with Crippen LogP contribution in [0, 0.1) is 6.92 Å². The Morgan fingerprint density at radius 3 is 2.35 bits per heavy atom. The summed E-state index contributed by atoms with van der Waals surface area (Å²) >= 11 is 1.61. The molecule has 0 spiro atoms. The fourth-order valence-electron chi connectivity index (χ4n) is 2.43. The molecule has 0 aliphatic carbocycles. The first-order valence-corrected chi connectivity index (χ1v) is 8.97. The number of aromatic nitrogens is 1. The first kappa shape index (κ1) is 17.8. The molecule has 0 unspecified atom stereocenters. The van der Waals surface area contributed by atoms with E-state index < -0.39 is 0 Å². The number of esters is 1. The van der Waals surface area contributed by atoms with Gasteiger partial charge < -0.3 is 10.1 Å². The van der Waals surface area contributed by atoms with E-state index in [4.69, 9.17) is 4.74 Å². The topological polar surface area (TPSA) is 68.3 Å². The van der Waals surface area contributed by atoms with Gasteiger partial charge in [0.25, 0.3) is 0 Å². The van der Waals surface area contributed by atoms with Gasteiger partial charge in [0.1, 0.15) is 5.75 Å². The van der Waals surface area contributed by atoms with Crippen molar-refractivity contribution in [2.75, 3.05) is 5.32 Å². The monoisotopic (exact) mass is 366 g/mol. The molecule has 0 aliphatic rings. The molecular formula is C20H18N2O3S. The Morgan fingerprint density at radius 1 is 1.08 bits per heavy atom. The van der Waals surface area contributed by atoms with E-state index in [-0.39, 0.29) is 18.3 Å². The number of rotatable bonds is 5. The van der Waals surface area contributed by atoms with Crippen molar-refractivity contribution in [3.05, 3.63) is 64.5 Å². The molecule has 0 atom stereocenters. The van der Waals surface area contributed by atoms with Crippen molar-refractivity contribution in [1.82, 2.24) is 4.98 Å². The van der Waals surface area contributed by atoms with Gasteiger partial charge in [0.2, 0.25) is 5.91 Å². The molecule has 0 bridgehead atoms. The minimum absolute atomic E-state index is 0.147. The second kappa shape index (κ2) is 7.93. The first-order valence-electron chi connectivity index (χ1n) is 8.09. The van der Waals surface area contributed by atoms with Gasteiger partial charge >= 0.3 is 5.97 Å². The summed E-state index contributed by atoms with van der Waals surface area (Å²) in [6, 6.07) is 14.4. The van der Waals surface area contributed by atoms with E-state index in [0.29, 0.717) is 11.4 Å². The van der Waals surface area contributed by atoms with Gasteiger partial charge in [-0.1, -0.05) is 24.3 Å². The number of anilines is 1. The molecule has 1 heterocycles. The number of ether oxygens (including phenoxy) is 1. The van der Waals surface area contributed by atoms with Crippen molar-refractivity contribution in [3.63, 3.8) is 0 Å². The third kappa shape index (κ3) is 4.77. The highest BCUT2D eigenvalue weighted by atomic mass is 32.1. The maximum atomic E-state index is 12.1. The van der Waals surface area contributed by atoms with E-state index >= 15 is 0 Å². The van der Waals surface area contributed by atoms with E-state index in [1.54, 1.807) is 35.6 Å². The summed E-state index contributed by atoms with van der Waals surface area (Å²) < 4.78 is 5.33. The van der Waals surface area contributed by atoms with Crippen LogP contribution in [-0.4, -0.2) is 16.9 Å². The maximum Gasteiger partial charge on any atom is 0.315 e. The molecule has 1 N–H and O–H groups in total. The van der Waals surface area contributed by atoms with Crippen LogP contribution >= 0.6 is 11.3 Å². The average Bonchev–Trinajstić information content (AvgIpc) is 3.03. The van der Waals surface area contributed by atoms with Crippen molar-refractivity contribution in [2.24, 2.45) is 0 Å². The zero-order valence-corrected chi connectivity index (χ0v) is 15.3. The van der Waals surface area contributed by atoms with Crippen LogP contribution in [0.3, 0.4) is 0 Å². The second-order valence-electron chi connectivity index (χ2n) is 5.81. The SMILES string of the molecule is CC(=O)Nc1ccc(OC(=O)Cc2ccc(-c3csc(C)n3)cc2)cc1. The van der Waals surface area contributed by atoms with E-state index in [1.807, 2.05) is 36.6 Å². The van der Waals surface area contributed by atoms with Crippen LogP contribution in [0.5, 0.6) is 5.75 Å². The standard InChI is InChI=1S/C20H18N2O3S/c1-13(23)21-17-7-9-18(10-8-17)25-20(24)11-15-3-5-16(6-4-15)19-12-26-14(2)22-19/h3-10,12H,11H2,1-2H3,(H,21,23). The molecule has 1 amide bonds. The van der Waals surface area contributed by atoms with Crippen LogP contribution < -0.4 is 10.1 Å². The summed E-state index contributed by atoms with van der Waals surface area (Å²) in [6.07, 6.45) is 0.184. The number of benzene rings is 2. The number of nitrogens with one attached hydrogen (secondary N) is 1. The summed E-state index contributed by atoms with van der Waals surface area (Å²) in [6.45, 7) is 3.41. The van der Waals surface area contributed by atoms with Crippen LogP contribution in [0.2, 0.25) is 0 Å². The molecule has 0 fully saturated rings. The number of aryl methyl sites for hydroxylation is 1. The van der Waals surface area contributed by atoms with Gasteiger partial charge in [-0.15, -0.1) is 11.3 Å². The molecule has 26 heavy (non-hydrogen) atoms. The van der Waals surface area contributed by atoms with Crippen LogP contribution in [0.4, 0.5) is 5.69 Å². The van der Waals surface area contributed by atoms with Crippen molar-refractivity contribution in [3.8, 4) is 17.0 Å². The predicted molar refractivity (Wildman–Crippen MR) is 102 cm³/mol. The van der Waals surface area contributed by atoms with Gasteiger partial charge in [0.05, 0.1) is 17.1 Å². The van der Waals surface area contributed by atoms with Crippen LogP contribution in [-0.2, 0) is 16.0 Å². The Labute approximate surface area is 155 Å². The minimum atomic E-state index is -0.338. The molecule has 0 saturated heterocycles. The van der Waals surface area contributed by atoms with Gasteiger partial charge in [-0.3, -0.25) is 9.59 Å². The summed E-state index contributed by atoms with van der Waals surface area (Å²) in [4.78, 5) is 27.5. The largest absolute Gasteiger partial charge is 0.426 e. The molecular weight excluding hydrogens is 348 g/mol. The number of nitrogens with zero attached hydrogens (tertiary/aromatic N) is 1. The number of carbonyl (C=O) groups excluding carboxylic acids is 2. The summed E-state index contributed by atoms with van der Waals surface area (Å²) in [5.74, 6) is -0.0424. The number of hydrogen-bond acceptors (Lipinski definition) is 5. The third-order valence-electron chi connectivity index (χ3n) is 3.62. The van der Waals surface area contributed by atoms with E-state index in [2.05, 4.69) is 10.3 Å². The quantitative estimate of drug-likeness (QED) is 0.542. The highest BCUT2D eigenvalue weighted by Gasteiger charge is 2.08. The molecule has 0 aliphatic heterocycles. The fourth-order valence-corrected chi connectivity index (χ4v) is 3.06. The van der Waals surface area contributed by atoms with E-state index in [9.17, 15) is 9.59 Å². The lowest BCUT2D eigenvalue weighted by atomic mass is 10.1. The normalized spacial score (nSPS) is 10.4. The number of amides is 1. The lowest BCUT2D eigenvalue weighted by Gasteiger charge is -2.07. The van der Waals surface area contributed by atoms with Gasteiger partial charge in [-0.25, -0.2) is 4.98 Å². The Hall–Kier alpha value is -2.99. The Morgan fingerprint density at radius 2 is 1.77 bits per heavy atom. The third-order valence-corrected chi connectivity index (χ3v) is 4.40. The molecule has 3 rings (SSSR count). The van der Waals surface area contributed by atoms with E-state index in [0.717, 1.165) is 21.8 Å². The number of thiazole rings is 1. The summed E-state index contributed by atoms with van der Waals surface area (Å²) in [5, 5.41) is 5.70. The minimum Gasteiger partial charge on any atom is -0.426 e. The van der Waals surface area contributed by atoms with Gasteiger partial charge in [0.15, 0.2) is 0 Å². The lowest BCUT2D eigenvalue weighted by molar-refractivity contribution is -0.133. The van der Waals surface area contributed by atoms with Crippen molar-refractivity contribution < 1.29 is 14.3 Å². The zero-order chi connectivity index (χ0) is 18.5. The highest BCUT2D eigenvalue weighted by Crippen LogP contribution is 2.22. The molecule has 3 aromatic rings. The maximum absolute atomic E-state index is 12.1. The average molecular weight is 366 g/mol. The smallest absolute Gasteiger partial charge is 0.315 e. The lowest BCUT2D eigenvalue weighted by Crippen LogP contribution is -2.11. The van der Waals surface area contributed by atoms with Crippen molar-refractivity contribution >= 4 is 28.9 Å². The fraction of sp³-hybridized carbons (Fsp3) is 0.150. The van der Waals surface area contributed by atoms with Gasteiger partial charge in [-0.05, 0) is 36.8 Å². The molecule has 0 radical (unpaired) electrons. The molecule has 132 valence electrons. The Bertz CT molecular complexity index is 915. The van der Waals surface area contributed by atoms with E-state index in [1.165, 1.54) is 6.92 Å². The van der Waals surface area contributed by atoms with Crippen LogP contribution in [0.25, 0.3) is 11.3 Å².